The Morgan fingerprint density at radius 3 is 3.10 bits per heavy atom. The van der Waals surface area contributed by atoms with Crippen LogP contribution >= 0.6 is 12.9 Å². The first-order valence-corrected chi connectivity index (χ1v) is 3.38. The van der Waals surface area contributed by atoms with Crippen molar-refractivity contribution in [3.63, 3.8) is 0 Å². The first-order chi connectivity index (χ1) is 4.86. The molecule has 0 aliphatic rings. The molecule has 0 saturated heterocycles. The summed E-state index contributed by atoms with van der Waals surface area (Å²) in [5.41, 5.74) is 0.803. The van der Waals surface area contributed by atoms with Gasteiger partial charge in [0.25, 0.3) is 0 Å². The number of rotatable bonds is 3. The number of aryl methyl sites for hydroxylation is 1. The van der Waals surface area contributed by atoms with E-state index in [0.717, 1.165) is 12.2 Å². The van der Waals surface area contributed by atoms with E-state index in [0.29, 0.717) is 6.61 Å². The predicted octanol–water partition coefficient (Wildman–Crippen LogP) is 0.659. The van der Waals surface area contributed by atoms with Gasteiger partial charge in [-0.15, -0.1) is 5.10 Å². The lowest BCUT2D eigenvalue weighted by atomic mass is 10.5. The van der Waals surface area contributed by atoms with Crippen LogP contribution in [0.5, 0.6) is 0 Å². The normalized spacial score (nSPS) is 10.2. The summed E-state index contributed by atoms with van der Waals surface area (Å²) < 4.78 is 6.30. The second-order valence-electron chi connectivity index (χ2n) is 1.84. The van der Waals surface area contributed by atoms with Gasteiger partial charge in [-0.3, -0.25) is 4.68 Å². The van der Waals surface area contributed by atoms with E-state index < -0.39 is 0 Å². The summed E-state index contributed by atoms with van der Waals surface area (Å²) in [7, 11) is 0. The zero-order valence-corrected chi connectivity index (χ0v) is 6.58. The molecule has 56 valence electrons. The molecule has 1 aromatic heterocycles. The molecule has 0 aromatic carbocycles. The Labute approximate surface area is 64.8 Å². The maximum atomic E-state index is 4.56. The van der Waals surface area contributed by atoms with Gasteiger partial charge < -0.3 is 4.18 Å². The average Bonchev–Trinajstić information content (AvgIpc) is 2.37. The molecule has 0 saturated carbocycles. The first kappa shape index (κ1) is 7.56. The van der Waals surface area contributed by atoms with Gasteiger partial charge in [0.2, 0.25) is 0 Å². The fraction of sp³-hybridized carbons (Fsp3) is 0.600. The molecule has 0 N–H and O–H groups in total. The summed E-state index contributed by atoms with van der Waals surface area (Å²) in [5.74, 6) is 0. The quantitative estimate of drug-likeness (QED) is 0.520. The Bertz CT molecular complexity index is 201. The second-order valence-corrected chi connectivity index (χ2v) is 2.10. The van der Waals surface area contributed by atoms with Gasteiger partial charge in [-0.2, -0.15) is 0 Å². The molecule has 4 nitrogen and oxygen atoms in total. The molecule has 0 aliphatic heterocycles. The van der Waals surface area contributed by atoms with Crippen molar-refractivity contribution in [2.45, 2.75) is 20.1 Å². The van der Waals surface area contributed by atoms with Crippen LogP contribution in [-0.2, 0) is 17.3 Å². The molecule has 0 unspecified atom stereocenters. The molecule has 0 atom stereocenters. The molecule has 5 heteroatoms. The highest BCUT2D eigenvalue weighted by molar-refractivity contribution is 7.75. The zero-order chi connectivity index (χ0) is 7.40. The summed E-state index contributed by atoms with van der Waals surface area (Å²) in [5, 5.41) is 7.62. The lowest BCUT2D eigenvalue weighted by molar-refractivity contribution is 0.365. The van der Waals surface area contributed by atoms with Crippen LogP contribution in [-0.4, -0.2) is 15.0 Å². The van der Waals surface area contributed by atoms with Crippen LogP contribution in [0.4, 0.5) is 0 Å². The first-order valence-electron chi connectivity index (χ1n) is 3.02. The van der Waals surface area contributed by atoms with Crippen LogP contribution in [0.15, 0.2) is 6.20 Å². The maximum Gasteiger partial charge on any atom is 0.110 e. The number of nitrogens with zero attached hydrogens (tertiary/aromatic N) is 3. The molecule has 0 fully saturated rings. The third kappa shape index (κ3) is 1.71. The van der Waals surface area contributed by atoms with E-state index in [4.69, 9.17) is 0 Å². The van der Waals surface area contributed by atoms with Crippen LogP contribution in [0.1, 0.15) is 12.6 Å². The second kappa shape index (κ2) is 3.58. The van der Waals surface area contributed by atoms with Gasteiger partial charge in [-0.05, 0) is 19.8 Å². The van der Waals surface area contributed by atoms with Gasteiger partial charge in [-0.25, -0.2) is 0 Å². The van der Waals surface area contributed by atoms with E-state index in [1.807, 2.05) is 13.1 Å². The van der Waals surface area contributed by atoms with Crippen molar-refractivity contribution < 1.29 is 4.18 Å². The summed E-state index contributed by atoms with van der Waals surface area (Å²) in [6.07, 6.45) is 1.83. The molecule has 0 amide bonds. The molecule has 1 aromatic rings. The van der Waals surface area contributed by atoms with Crippen LogP contribution in [0.2, 0.25) is 0 Å². The van der Waals surface area contributed by atoms with Crippen LogP contribution in [0.3, 0.4) is 0 Å². The molecular weight excluding hydrogens is 150 g/mol. The Hall–Kier alpha value is -0.550. The van der Waals surface area contributed by atoms with Crippen molar-refractivity contribution in [3.8, 4) is 0 Å². The van der Waals surface area contributed by atoms with Gasteiger partial charge in [0.1, 0.15) is 12.3 Å². The van der Waals surface area contributed by atoms with E-state index in [1.54, 1.807) is 4.68 Å². The Morgan fingerprint density at radius 1 is 1.80 bits per heavy atom. The highest BCUT2D eigenvalue weighted by Gasteiger charge is 1.96. The van der Waals surface area contributed by atoms with E-state index >= 15 is 0 Å². The SMILES string of the molecule is CCn1cc(COS)nn1. The van der Waals surface area contributed by atoms with Crippen molar-refractivity contribution in [1.29, 1.82) is 0 Å². The fourth-order valence-electron chi connectivity index (χ4n) is 0.625. The standard InChI is InChI=1S/C5H9N3OS/c1-2-8-3-5(4-9-10)6-7-8/h3,10H,2,4H2,1H3. The van der Waals surface area contributed by atoms with Gasteiger partial charge in [-0.1, -0.05) is 5.21 Å². The minimum Gasteiger partial charge on any atom is -0.312 e. The van der Waals surface area contributed by atoms with Gasteiger partial charge in [0, 0.05) is 6.54 Å². The summed E-state index contributed by atoms with van der Waals surface area (Å²) in [4.78, 5) is 0. The summed E-state index contributed by atoms with van der Waals surface area (Å²) in [6.45, 7) is 3.24. The molecule has 10 heavy (non-hydrogen) atoms. The van der Waals surface area contributed by atoms with E-state index in [1.165, 1.54) is 0 Å². The van der Waals surface area contributed by atoms with Crippen LogP contribution in [0.25, 0.3) is 0 Å². The van der Waals surface area contributed by atoms with E-state index in [-0.39, 0.29) is 0 Å². The van der Waals surface area contributed by atoms with Crippen LogP contribution in [0, 0.1) is 0 Å². The Morgan fingerprint density at radius 2 is 2.60 bits per heavy atom. The fourth-order valence-corrected chi connectivity index (χ4v) is 0.758. The average molecular weight is 159 g/mol. The monoisotopic (exact) mass is 159 g/mol. The molecule has 1 rings (SSSR count). The topological polar surface area (TPSA) is 39.9 Å². The molecule has 0 radical (unpaired) electrons. The summed E-state index contributed by atoms with van der Waals surface area (Å²) in [6, 6.07) is 0. The molecule has 0 spiro atoms. The third-order valence-corrected chi connectivity index (χ3v) is 1.25. The van der Waals surface area contributed by atoms with Crippen molar-refractivity contribution in [2.75, 3.05) is 0 Å². The van der Waals surface area contributed by atoms with Crippen molar-refractivity contribution >= 4 is 12.9 Å². The largest absolute Gasteiger partial charge is 0.312 e. The minimum atomic E-state index is 0.406. The highest BCUT2D eigenvalue weighted by Crippen LogP contribution is 1.96. The zero-order valence-electron chi connectivity index (χ0n) is 5.69. The van der Waals surface area contributed by atoms with Gasteiger partial charge in [0.15, 0.2) is 0 Å². The van der Waals surface area contributed by atoms with Crippen molar-refractivity contribution in [3.05, 3.63) is 11.9 Å². The molecule has 1 heterocycles. The van der Waals surface area contributed by atoms with E-state index in [9.17, 15) is 0 Å². The number of hydrogen-bond acceptors (Lipinski definition) is 4. The minimum absolute atomic E-state index is 0.406. The number of thiol groups is 1. The Balaban J connectivity index is 2.59. The van der Waals surface area contributed by atoms with Crippen molar-refractivity contribution in [1.82, 2.24) is 15.0 Å². The van der Waals surface area contributed by atoms with Crippen molar-refractivity contribution in [2.24, 2.45) is 0 Å². The molecule has 0 aliphatic carbocycles. The predicted molar refractivity (Wildman–Crippen MR) is 39.5 cm³/mol. The Kier molecular flexibility index (Phi) is 2.70. The smallest absolute Gasteiger partial charge is 0.110 e. The molecular formula is C5H9N3OS. The lowest BCUT2D eigenvalue weighted by Crippen LogP contribution is -1.93. The lowest BCUT2D eigenvalue weighted by Gasteiger charge is -1.88. The van der Waals surface area contributed by atoms with Gasteiger partial charge in [0.05, 0.1) is 6.20 Å². The number of hydrogen-bond donors (Lipinski definition) is 1. The highest BCUT2D eigenvalue weighted by atomic mass is 32.1. The molecule has 0 bridgehead atoms. The van der Waals surface area contributed by atoms with Crippen LogP contribution < -0.4 is 0 Å². The summed E-state index contributed by atoms with van der Waals surface area (Å²) >= 11 is 3.59. The number of aromatic nitrogens is 3. The third-order valence-electron chi connectivity index (χ3n) is 1.12. The van der Waals surface area contributed by atoms with E-state index in [2.05, 4.69) is 27.4 Å². The van der Waals surface area contributed by atoms with Gasteiger partial charge >= 0.3 is 0 Å². The maximum absolute atomic E-state index is 4.56.